The number of hydrogen-bond acceptors (Lipinski definition) is 3. The normalized spacial score (nSPS) is 25.8. The molecule has 5 heteroatoms. The summed E-state index contributed by atoms with van der Waals surface area (Å²) in [4.78, 5) is 16.7. The molecule has 0 bridgehead atoms. The van der Waals surface area contributed by atoms with E-state index in [1.54, 1.807) is 17.0 Å². The van der Waals surface area contributed by atoms with Gasteiger partial charge in [-0.3, -0.25) is 4.79 Å². The van der Waals surface area contributed by atoms with Crippen molar-refractivity contribution < 1.29 is 14.3 Å². The maximum atomic E-state index is 13.3. The van der Waals surface area contributed by atoms with Gasteiger partial charge >= 0.3 is 0 Å². The summed E-state index contributed by atoms with van der Waals surface area (Å²) in [6.07, 6.45) is 2.48. The van der Waals surface area contributed by atoms with E-state index in [0.29, 0.717) is 24.6 Å². The Morgan fingerprint density at radius 2 is 1.95 bits per heavy atom. The molecule has 2 aliphatic rings. The van der Waals surface area contributed by atoms with Crippen molar-refractivity contribution >= 4 is 5.91 Å². The van der Waals surface area contributed by atoms with E-state index < -0.39 is 5.82 Å². The van der Waals surface area contributed by atoms with Gasteiger partial charge in [-0.25, -0.2) is 4.39 Å². The topological polar surface area (TPSA) is 43.8 Å². The van der Waals surface area contributed by atoms with Crippen molar-refractivity contribution in [1.82, 2.24) is 9.80 Å². The molecule has 1 aromatic carbocycles. The fourth-order valence-electron chi connectivity index (χ4n) is 3.62. The number of halogens is 1. The summed E-state index contributed by atoms with van der Waals surface area (Å²) in [6, 6.07) is 5.83. The third-order valence-corrected chi connectivity index (χ3v) is 4.86. The molecule has 0 radical (unpaired) electrons. The van der Waals surface area contributed by atoms with Gasteiger partial charge in [0.05, 0.1) is 0 Å². The lowest BCUT2D eigenvalue weighted by atomic mass is 9.96. The Balaban J connectivity index is 1.66. The minimum absolute atomic E-state index is 0.103. The van der Waals surface area contributed by atoms with Crippen molar-refractivity contribution in [2.75, 3.05) is 39.3 Å². The van der Waals surface area contributed by atoms with Crippen molar-refractivity contribution in [3.63, 3.8) is 0 Å². The molecule has 0 aromatic heterocycles. The Bertz CT molecular complexity index is 531. The summed E-state index contributed by atoms with van der Waals surface area (Å²) in [5.74, 6) is -0.0991. The molecule has 2 fully saturated rings. The van der Waals surface area contributed by atoms with Gasteiger partial charge in [0.2, 0.25) is 0 Å². The Morgan fingerprint density at radius 3 is 2.64 bits per heavy atom. The quantitative estimate of drug-likeness (QED) is 0.919. The molecule has 1 amide bonds. The van der Waals surface area contributed by atoms with Gasteiger partial charge in [-0.2, -0.15) is 0 Å². The smallest absolute Gasteiger partial charge is 0.253 e. The van der Waals surface area contributed by atoms with E-state index in [1.165, 1.54) is 25.0 Å². The molecule has 3 rings (SSSR count). The van der Waals surface area contributed by atoms with Crippen molar-refractivity contribution in [3.05, 3.63) is 35.6 Å². The fourth-order valence-corrected chi connectivity index (χ4v) is 3.62. The van der Waals surface area contributed by atoms with E-state index in [2.05, 4.69) is 4.90 Å². The maximum absolute atomic E-state index is 13.3. The molecule has 22 heavy (non-hydrogen) atoms. The zero-order valence-corrected chi connectivity index (χ0v) is 12.7. The predicted octanol–water partition coefficient (Wildman–Crippen LogP) is 1.60. The Kier molecular flexibility index (Phi) is 4.74. The first-order valence-corrected chi connectivity index (χ1v) is 8.05. The van der Waals surface area contributed by atoms with Crippen molar-refractivity contribution in [2.45, 2.75) is 12.8 Å². The van der Waals surface area contributed by atoms with Gasteiger partial charge in [0.25, 0.3) is 5.91 Å². The van der Waals surface area contributed by atoms with Crippen LogP contribution in [0.1, 0.15) is 23.2 Å². The number of benzene rings is 1. The first-order valence-electron chi connectivity index (χ1n) is 8.05. The molecule has 2 saturated heterocycles. The Labute approximate surface area is 130 Å². The van der Waals surface area contributed by atoms with E-state index in [9.17, 15) is 14.3 Å². The first kappa shape index (κ1) is 15.4. The number of aliphatic hydroxyl groups excluding tert-OH is 1. The van der Waals surface area contributed by atoms with Crippen LogP contribution in [0.4, 0.5) is 4.39 Å². The van der Waals surface area contributed by atoms with Gasteiger partial charge in [-0.05, 0) is 50.0 Å². The number of rotatable bonds is 4. The minimum atomic E-state index is -0.391. The van der Waals surface area contributed by atoms with Crippen LogP contribution < -0.4 is 0 Å². The molecule has 2 atom stereocenters. The lowest BCUT2D eigenvalue weighted by molar-refractivity contribution is 0.0779. The average molecular weight is 306 g/mol. The summed E-state index contributed by atoms with van der Waals surface area (Å²) in [5.41, 5.74) is 0.388. The highest BCUT2D eigenvalue weighted by Crippen LogP contribution is 2.26. The second-order valence-corrected chi connectivity index (χ2v) is 6.43. The maximum Gasteiger partial charge on any atom is 0.253 e. The van der Waals surface area contributed by atoms with E-state index >= 15 is 0 Å². The highest BCUT2D eigenvalue weighted by atomic mass is 19.1. The van der Waals surface area contributed by atoms with Crippen LogP contribution in [0.2, 0.25) is 0 Å². The summed E-state index contributed by atoms with van der Waals surface area (Å²) < 4.78 is 13.3. The Morgan fingerprint density at radius 1 is 1.23 bits per heavy atom. The van der Waals surface area contributed by atoms with Crippen LogP contribution in [0.5, 0.6) is 0 Å². The highest BCUT2D eigenvalue weighted by Gasteiger charge is 2.36. The van der Waals surface area contributed by atoms with Crippen LogP contribution >= 0.6 is 0 Å². The lowest BCUT2D eigenvalue weighted by Crippen LogP contribution is -2.32. The van der Waals surface area contributed by atoms with Gasteiger partial charge in [0.1, 0.15) is 5.82 Å². The second kappa shape index (κ2) is 6.75. The van der Waals surface area contributed by atoms with Crippen LogP contribution in [-0.4, -0.2) is 60.1 Å². The van der Waals surface area contributed by atoms with Crippen LogP contribution in [0, 0.1) is 17.7 Å². The summed E-state index contributed by atoms with van der Waals surface area (Å²) in [6.45, 7) is 4.49. The molecule has 2 aliphatic heterocycles. The standard InChI is InChI=1S/C17H23FN2O2/c18-16-5-3-4-13(8-16)17(22)20-10-14(15(11-20)12-21)9-19-6-1-2-7-19/h3-5,8,14-15,21H,1-2,6-7,9-12H2/t14-,15-/m1/s1. The van der Waals surface area contributed by atoms with Crippen LogP contribution in [0.3, 0.4) is 0 Å². The van der Waals surface area contributed by atoms with Crippen molar-refractivity contribution in [3.8, 4) is 0 Å². The summed E-state index contributed by atoms with van der Waals surface area (Å²) in [7, 11) is 0. The number of hydrogen-bond donors (Lipinski definition) is 1. The molecular formula is C17H23FN2O2. The molecule has 0 unspecified atom stereocenters. The van der Waals surface area contributed by atoms with E-state index in [4.69, 9.17) is 0 Å². The average Bonchev–Trinajstić information content (AvgIpc) is 3.16. The molecule has 1 aromatic rings. The van der Waals surface area contributed by atoms with E-state index in [0.717, 1.165) is 19.6 Å². The van der Waals surface area contributed by atoms with E-state index in [1.807, 2.05) is 0 Å². The molecule has 0 saturated carbocycles. The van der Waals surface area contributed by atoms with Crippen LogP contribution in [0.15, 0.2) is 24.3 Å². The number of carbonyl (C=O) groups is 1. The second-order valence-electron chi connectivity index (χ2n) is 6.43. The number of aliphatic hydroxyl groups is 1. The monoisotopic (exact) mass is 306 g/mol. The molecule has 1 N–H and O–H groups in total. The molecule has 2 heterocycles. The van der Waals surface area contributed by atoms with Crippen LogP contribution in [0.25, 0.3) is 0 Å². The summed E-state index contributed by atoms with van der Waals surface area (Å²) >= 11 is 0. The molecule has 0 spiro atoms. The molecule has 0 aliphatic carbocycles. The van der Waals surface area contributed by atoms with Crippen LogP contribution in [-0.2, 0) is 0 Å². The van der Waals surface area contributed by atoms with Gasteiger partial charge < -0.3 is 14.9 Å². The SMILES string of the molecule is O=C(c1cccc(F)c1)N1C[C@@H](CN2CCCC2)[C@@H](CO)C1. The fraction of sp³-hybridized carbons (Fsp3) is 0.588. The molecule has 120 valence electrons. The van der Waals surface area contributed by atoms with Crippen molar-refractivity contribution in [2.24, 2.45) is 11.8 Å². The van der Waals surface area contributed by atoms with Gasteiger partial charge in [-0.1, -0.05) is 6.07 Å². The van der Waals surface area contributed by atoms with Gasteiger partial charge in [0, 0.05) is 37.7 Å². The van der Waals surface area contributed by atoms with Gasteiger partial charge in [0.15, 0.2) is 0 Å². The molecule has 4 nitrogen and oxygen atoms in total. The number of carbonyl (C=O) groups excluding carboxylic acids is 1. The first-order chi connectivity index (χ1) is 10.7. The molecular weight excluding hydrogens is 283 g/mol. The predicted molar refractivity (Wildman–Crippen MR) is 82.0 cm³/mol. The zero-order valence-electron chi connectivity index (χ0n) is 12.7. The number of nitrogens with zero attached hydrogens (tertiary/aromatic N) is 2. The largest absolute Gasteiger partial charge is 0.396 e. The van der Waals surface area contributed by atoms with Crippen molar-refractivity contribution in [1.29, 1.82) is 0 Å². The minimum Gasteiger partial charge on any atom is -0.396 e. The van der Waals surface area contributed by atoms with E-state index in [-0.39, 0.29) is 18.4 Å². The number of likely N-dealkylation sites (tertiary alicyclic amines) is 2. The third-order valence-electron chi connectivity index (χ3n) is 4.86. The summed E-state index contributed by atoms with van der Waals surface area (Å²) in [5, 5.41) is 9.61. The Hall–Kier alpha value is -1.46. The highest BCUT2D eigenvalue weighted by molar-refractivity contribution is 5.94. The van der Waals surface area contributed by atoms with Gasteiger partial charge in [-0.15, -0.1) is 0 Å². The zero-order chi connectivity index (χ0) is 15.5. The lowest BCUT2D eigenvalue weighted by Gasteiger charge is -2.22. The number of amides is 1. The third kappa shape index (κ3) is 3.31.